The summed E-state index contributed by atoms with van der Waals surface area (Å²) < 4.78 is 15.3. The number of amides is 1. The van der Waals surface area contributed by atoms with Crippen LogP contribution in [0.3, 0.4) is 0 Å². The summed E-state index contributed by atoms with van der Waals surface area (Å²) in [4.78, 5) is 38.2. The Morgan fingerprint density at radius 3 is 2.24 bits per heavy atom. The first kappa shape index (κ1) is 21.9. The first-order valence-electron chi connectivity index (χ1n) is 9.12. The van der Waals surface area contributed by atoms with Gasteiger partial charge >= 0.3 is 5.97 Å². The standard InChI is InChI=1S/C22H25NO6/c1-27-18-10-9-17(20(13-18)28-2)14-23(15-22(26)29-3)21(25)12-11-19(24)16-7-5-4-6-8-16/h4-10,13H,11-12,14-15H2,1-3H3. The fourth-order valence-electron chi connectivity index (χ4n) is 2.79. The lowest BCUT2D eigenvalue weighted by atomic mass is 10.1. The van der Waals surface area contributed by atoms with Crippen LogP contribution >= 0.6 is 0 Å². The number of nitrogens with zero attached hydrogens (tertiary/aromatic N) is 1. The highest BCUT2D eigenvalue weighted by molar-refractivity contribution is 5.98. The number of carbonyl (C=O) groups is 3. The lowest BCUT2D eigenvalue weighted by Crippen LogP contribution is -2.36. The van der Waals surface area contributed by atoms with E-state index in [-0.39, 0.29) is 37.6 Å². The van der Waals surface area contributed by atoms with Crippen LogP contribution in [0, 0.1) is 0 Å². The topological polar surface area (TPSA) is 82.1 Å². The van der Waals surface area contributed by atoms with Gasteiger partial charge in [0, 0.05) is 36.6 Å². The molecule has 7 nitrogen and oxygen atoms in total. The van der Waals surface area contributed by atoms with Crippen LogP contribution in [-0.2, 0) is 20.9 Å². The Balaban J connectivity index is 2.12. The van der Waals surface area contributed by atoms with Gasteiger partial charge in [0.2, 0.25) is 5.91 Å². The number of rotatable bonds is 10. The Morgan fingerprint density at radius 1 is 0.897 bits per heavy atom. The average Bonchev–Trinajstić information content (AvgIpc) is 2.77. The van der Waals surface area contributed by atoms with Crippen LogP contribution in [0.25, 0.3) is 0 Å². The van der Waals surface area contributed by atoms with Crippen molar-refractivity contribution in [3.8, 4) is 11.5 Å². The van der Waals surface area contributed by atoms with Crippen molar-refractivity contribution >= 4 is 17.7 Å². The van der Waals surface area contributed by atoms with Crippen LogP contribution in [0.15, 0.2) is 48.5 Å². The van der Waals surface area contributed by atoms with Crippen LogP contribution in [-0.4, -0.2) is 50.4 Å². The second-order valence-corrected chi connectivity index (χ2v) is 6.29. The number of hydrogen-bond acceptors (Lipinski definition) is 6. The molecule has 154 valence electrons. The molecule has 0 aromatic heterocycles. The fraction of sp³-hybridized carbons (Fsp3) is 0.318. The quantitative estimate of drug-likeness (QED) is 0.451. The van der Waals surface area contributed by atoms with Crippen molar-refractivity contribution in [1.82, 2.24) is 4.90 Å². The highest BCUT2D eigenvalue weighted by Crippen LogP contribution is 2.26. The van der Waals surface area contributed by atoms with Crippen molar-refractivity contribution in [2.24, 2.45) is 0 Å². The number of hydrogen-bond donors (Lipinski definition) is 0. The molecule has 0 spiro atoms. The molecular formula is C22H25NO6. The van der Waals surface area contributed by atoms with E-state index in [4.69, 9.17) is 14.2 Å². The molecule has 0 N–H and O–H groups in total. The zero-order valence-electron chi connectivity index (χ0n) is 16.8. The van der Waals surface area contributed by atoms with Gasteiger partial charge in [0.05, 0.1) is 21.3 Å². The molecule has 2 rings (SSSR count). The van der Waals surface area contributed by atoms with Gasteiger partial charge in [-0.2, -0.15) is 0 Å². The van der Waals surface area contributed by atoms with Crippen molar-refractivity contribution in [2.45, 2.75) is 19.4 Å². The maximum absolute atomic E-state index is 12.8. The summed E-state index contributed by atoms with van der Waals surface area (Å²) in [6.07, 6.45) is 0.0451. The fourth-order valence-corrected chi connectivity index (χ4v) is 2.79. The number of esters is 1. The van der Waals surface area contributed by atoms with Gasteiger partial charge in [0.15, 0.2) is 5.78 Å². The zero-order valence-corrected chi connectivity index (χ0v) is 16.8. The molecule has 7 heteroatoms. The number of ketones is 1. The highest BCUT2D eigenvalue weighted by atomic mass is 16.5. The van der Waals surface area contributed by atoms with Gasteiger partial charge in [-0.05, 0) is 12.1 Å². The largest absolute Gasteiger partial charge is 0.497 e. The Hall–Kier alpha value is -3.35. The minimum atomic E-state index is -0.541. The molecule has 0 fully saturated rings. The molecule has 0 saturated heterocycles. The van der Waals surface area contributed by atoms with E-state index in [1.165, 1.54) is 19.1 Å². The third-order valence-corrected chi connectivity index (χ3v) is 4.42. The Morgan fingerprint density at radius 2 is 1.62 bits per heavy atom. The molecule has 0 radical (unpaired) electrons. The second-order valence-electron chi connectivity index (χ2n) is 6.29. The molecular weight excluding hydrogens is 374 g/mol. The van der Waals surface area contributed by atoms with E-state index in [2.05, 4.69) is 0 Å². The first-order valence-corrected chi connectivity index (χ1v) is 9.12. The van der Waals surface area contributed by atoms with Gasteiger partial charge in [-0.1, -0.05) is 30.3 Å². The lowest BCUT2D eigenvalue weighted by molar-refractivity contribution is -0.147. The van der Waals surface area contributed by atoms with E-state index >= 15 is 0 Å². The smallest absolute Gasteiger partial charge is 0.325 e. The van der Waals surface area contributed by atoms with E-state index in [0.29, 0.717) is 22.6 Å². The van der Waals surface area contributed by atoms with E-state index in [9.17, 15) is 14.4 Å². The number of benzene rings is 2. The maximum atomic E-state index is 12.8. The summed E-state index contributed by atoms with van der Waals surface area (Å²) in [5.74, 6) is 0.161. The minimum Gasteiger partial charge on any atom is -0.497 e. The van der Waals surface area contributed by atoms with Crippen molar-refractivity contribution in [1.29, 1.82) is 0 Å². The molecule has 0 aliphatic rings. The molecule has 0 saturated carbocycles. The van der Waals surface area contributed by atoms with E-state index in [0.717, 1.165) is 0 Å². The lowest BCUT2D eigenvalue weighted by Gasteiger charge is -2.23. The van der Waals surface area contributed by atoms with Crippen molar-refractivity contribution in [3.63, 3.8) is 0 Å². The normalized spacial score (nSPS) is 10.2. The molecule has 29 heavy (non-hydrogen) atoms. The zero-order chi connectivity index (χ0) is 21.2. The second kappa shape index (κ2) is 10.8. The van der Waals surface area contributed by atoms with Crippen LogP contribution in [0.5, 0.6) is 11.5 Å². The van der Waals surface area contributed by atoms with Gasteiger partial charge in [-0.15, -0.1) is 0 Å². The average molecular weight is 399 g/mol. The predicted octanol–water partition coefficient (Wildman–Crippen LogP) is 2.87. The molecule has 0 aliphatic carbocycles. The maximum Gasteiger partial charge on any atom is 0.325 e. The third-order valence-electron chi connectivity index (χ3n) is 4.42. The summed E-state index contributed by atoms with van der Waals surface area (Å²) in [6.45, 7) is -0.0787. The summed E-state index contributed by atoms with van der Waals surface area (Å²) in [5, 5.41) is 0. The summed E-state index contributed by atoms with van der Waals surface area (Å²) in [7, 11) is 4.33. The van der Waals surface area contributed by atoms with Gasteiger partial charge in [0.25, 0.3) is 0 Å². The van der Waals surface area contributed by atoms with Crippen LogP contribution in [0.1, 0.15) is 28.8 Å². The van der Waals surface area contributed by atoms with E-state index in [1.807, 2.05) is 6.07 Å². The number of Topliss-reactive ketones (excluding diaryl/α,β-unsaturated/α-hetero) is 1. The van der Waals surface area contributed by atoms with Crippen LogP contribution < -0.4 is 9.47 Å². The number of ether oxygens (including phenoxy) is 3. The van der Waals surface area contributed by atoms with Gasteiger partial charge in [0.1, 0.15) is 18.0 Å². The van der Waals surface area contributed by atoms with Crippen LogP contribution in [0.4, 0.5) is 0 Å². The molecule has 0 unspecified atom stereocenters. The first-order chi connectivity index (χ1) is 14.0. The van der Waals surface area contributed by atoms with Gasteiger partial charge in [-0.3, -0.25) is 14.4 Å². The van der Waals surface area contributed by atoms with E-state index < -0.39 is 5.97 Å². The summed E-state index contributed by atoms with van der Waals surface area (Å²) in [5.41, 5.74) is 1.26. The van der Waals surface area contributed by atoms with Crippen molar-refractivity contribution in [2.75, 3.05) is 27.9 Å². The molecule has 1 amide bonds. The monoisotopic (exact) mass is 399 g/mol. The molecule has 0 bridgehead atoms. The Bertz CT molecular complexity index is 850. The van der Waals surface area contributed by atoms with Crippen molar-refractivity contribution < 1.29 is 28.6 Å². The SMILES string of the molecule is COC(=O)CN(Cc1ccc(OC)cc1OC)C(=O)CCC(=O)c1ccccc1. The minimum absolute atomic E-state index is 0.0107. The Kier molecular flexibility index (Phi) is 8.21. The highest BCUT2D eigenvalue weighted by Gasteiger charge is 2.21. The molecule has 0 heterocycles. The molecule has 0 aliphatic heterocycles. The van der Waals surface area contributed by atoms with Gasteiger partial charge < -0.3 is 19.1 Å². The third kappa shape index (κ3) is 6.34. The number of methoxy groups -OCH3 is 3. The summed E-state index contributed by atoms with van der Waals surface area (Å²) >= 11 is 0. The number of carbonyl (C=O) groups excluding carboxylic acids is 3. The van der Waals surface area contributed by atoms with Gasteiger partial charge in [-0.25, -0.2) is 0 Å². The molecule has 0 atom stereocenters. The Labute approximate surface area is 170 Å². The predicted molar refractivity (Wildman–Crippen MR) is 107 cm³/mol. The molecule has 2 aromatic carbocycles. The summed E-state index contributed by atoms with van der Waals surface area (Å²) in [6, 6.07) is 14.0. The van der Waals surface area contributed by atoms with Crippen molar-refractivity contribution in [3.05, 3.63) is 59.7 Å². The molecule has 2 aromatic rings. The van der Waals surface area contributed by atoms with E-state index in [1.54, 1.807) is 49.6 Å². The van der Waals surface area contributed by atoms with Crippen LogP contribution in [0.2, 0.25) is 0 Å².